The number of amides is 1. The summed E-state index contributed by atoms with van der Waals surface area (Å²) in [4.78, 5) is 12.0. The third-order valence-electron chi connectivity index (χ3n) is 4.27. The van der Waals surface area contributed by atoms with Crippen LogP contribution in [0, 0.1) is 0 Å². The van der Waals surface area contributed by atoms with Gasteiger partial charge in [-0.1, -0.05) is 12.8 Å². The first-order valence-electron chi connectivity index (χ1n) is 7.29. The number of nitrogens with one attached hydrogen (secondary N) is 1. The van der Waals surface area contributed by atoms with E-state index in [0.717, 1.165) is 24.9 Å². The molecular weight excluding hydrogens is 282 g/mol. The normalized spacial score (nSPS) is 17.3. The lowest BCUT2D eigenvalue weighted by Crippen LogP contribution is -2.38. The average Bonchev–Trinajstić information content (AvgIpc) is 3.25. The fourth-order valence-corrected chi connectivity index (χ4v) is 3.82. The Hall–Kier alpha value is -1.81. The molecule has 0 unspecified atom stereocenters. The van der Waals surface area contributed by atoms with Crippen LogP contribution in [0.15, 0.2) is 45.9 Å². The van der Waals surface area contributed by atoms with E-state index in [4.69, 9.17) is 4.42 Å². The summed E-state index contributed by atoms with van der Waals surface area (Å²) >= 11 is 1.73. The minimum atomic E-state index is -0.0438. The Bertz CT molecular complexity index is 593. The van der Waals surface area contributed by atoms with Gasteiger partial charge in [0.15, 0.2) is 0 Å². The number of carbonyl (C=O) groups excluding carboxylic acids is 1. The van der Waals surface area contributed by atoms with Crippen molar-refractivity contribution in [1.29, 1.82) is 0 Å². The second-order valence-electron chi connectivity index (χ2n) is 5.61. The van der Waals surface area contributed by atoms with Gasteiger partial charge in [-0.25, -0.2) is 0 Å². The molecule has 0 spiro atoms. The molecule has 0 bridgehead atoms. The van der Waals surface area contributed by atoms with Gasteiger partial charge in [-0.15, -0.1) is 0 Å². The Balaban J connectivity index is 1.61. The van der Waals surface area contributed by atoms with Crippen molar-refractivity contribution in [3.63, 3.8) is 0 Å². The highest BCUT2D eigenvalue weighted by molar-refractivity contribution is 7.08. The van der Waals surface area contributed by atoms with Gasteiger partial charge in [-0.05, 0) is 47.4 Å². The summed E-state index contributed by atoms with van der Waals surface area (Å²) < 4.78 is 4.97. The molecule has 1 aliphatic rings. The number of rotatable bonds is 5. The van der Waals surface area contributed by atoms with Crippen LogP contribution in [-0.4, -0.2) is 12.5 Å². The smallest absolute Gasteiger partial charge is 0.244 e. The fourth-order valence-electron chi connectivity index (χ4n) is 3.04. The lowest BCUT2D eigenvalue weighted by molar-refractivity contribution is -0.116. The van der Waals surface area contributed by atoms with Crippen LogP contribution in [0.4, 0.5) is 0 Å². The van der Waals surface area contributed by atoms with Crippen molar-refractivity contribution in [2.24, 2.45) is 0 Å². The molecule has 1 N–H and O–H groups in total. The van der Waals surface area contributed by atoms with Gasteiger partial charge in [-0.3, -0.25) is 4.79 Å². The first kappa shape index (κ1) is 14.1. The van der Waals surface area contributed by atoms with Gasteiger partial charge in [0.25, 0.3) is 0 Å². The molecule has 2 heterocycles. The molecule has 3 rings (SSSR count). The first-order chi connectivity index (χ1) is 10.3. The second kappa shape index (κ2) is 6.31. The molecule has 4 heteroatoms. The highest BCUT2D eigenvalue weighted by Crippen LogP contribution is 2.41. The van der Waals surface area contributed by atoms with Crippen LogP contribution in [-0.2, 0) is 10.2 Å². The van der Waals surface area contributed by atoms with Crippen LogP contribution in [0.5, 0.6) is 0 Å². The van der Waals surface area contributed by atoms with E-state index >= 15 is 0 Å². The Kier molecular flexibility index (Phi) is 4.25. The van der Waals surface area contributed by atoms with E-state index in [-0.39, 0.29) is 11.3 Å². The van der Waals surface area contributed by atoms with Crippen LogP contribution in [0.3, 0.4) is 0 Å². The maximum atomic E-state index is 12.0. The molecule has 21 heavy (non-hydrogen) atoms. The van der Waals surface area contributed by atoms with Crippen LogP contribution in [0.1, 0.15) is 36.8 Å². The lowest BCUT2D eigenvalue weighted by Gasteiger charge is -2.28. The molecule has 3 nitrogen and oxygen atoms in total. The summed E-state index contributed by atoms with van der Waals surface area (Å²) in [5.41, 5.74) is 2.42. The van der Waals surface area contributed by atoms with Gasteiger partial charge in [0, 0.05) is 23.6 Å². The molecule has 110 valence electrons. The molecule has 0 saturated heterocycles. The molecule has 0 aromatic carbocycles. The summed E-state index contributed by atoms with van der Waals surface area (Å²) in [7, 11) is 0. The first-order valence-corrected chi connectivity index (χ1v) is 8.24. The molecular formula is C17H19NO2S. The summed E-state index contributed by atoms with van der Waals surface area (Å²) in [5, 5.41) is 7.41. The van der Waals surface area contributed by atoms with Crippen molar-refractivity contribution >= 4 is 23.3 Å². The van der Waals surface area contributed by atoms with Gasteiger partial charge < -0.3 is 9.73 Å². The topological polar surface area (TPSA) is 42.2 Å². The predicted molar refractivity (Wildman–Crippen MR) is 85.2 cm³/mol. The largest absolute Gasteiger partial charge is 0.472 e. The summed E-state index contributed by atoms with van der Waals surface area (Å²) in [5.74, 6) is -0.0438. The number of hydrogen-bond donors (Lipinski definition) is 1. The van der Waals surface area contributed by atoms with Crippen LogP contribution < -0.4 is 5.32 Å². The average molecular weight is 301 g/mol. The number of carbonyl (C=O) groups is 1. The third-order valence-corrected chi connectivity index (χ3v) is 4.95. The number of furan rings is 1. The maximum absolute atomic E-state index is 12.0. The zero-order valence-corrected chi connectivity index (χ0v) is 12.7. The van der Waals surface area contributed by atoms with Gasteiger partial charge in [0.05, 0.1) is 12.5 Å². The minimum absolute atomic E-state index is 0.0438. The zero-order chi connectivity index (χ0) is 14.5. The highest BCUT2D eigenvalue weighted by atomic mass is 32.1. The molecule has 1 fully saturated rings. The van der Waals surface area contributed by atoms with E-state index < -0.39 is 0 Å². The zero-order valence-electron chi connectivity index (χ0n) is 11.9. The SMILES string of the molecule is O=C(C=Cc1ccoc1)NCC1(c2ccsc2)CCCC1. The predicted octanol–water partition coefficient (Wildman–Crippen LogP) is 3.98. The number of thiophene rings is 1. The Morgan fingerprint density at radius 2 is 2.24 bits per heavy atom. The Labute approximate surface area is 128 Å². The van der Waals surface area contributed by atoms with Gasteiger partial charge in [-0.2, -0.15) is 11.3 Å². The quantitative estimate of drug-likeness (QED) is 0.849. The number of hydrogen-bond acceptors (Lipinski definition) is 3. The molecule has 0 radical (unpaired) electrons. The van der Waals surface area contributed by atoms with Crippen molar-refractivity contribution in [2.45, 2.75) is 31.1 Å². The van der Waals surface area contributed by atoms with Crippen molar-refractivity contribution in [1.82, 2.24) is 5.32 Å². The van der Waals surface area contributed by atoms with E-state index in [1.54, 1.807) is 36.0 Å². The van der Waals surface area contributed by atoms with E-state index in [0.29, 0.717) is 0 Å². The van der Waals surface area contributed by atoms with Crippen molar-refractivity contribution in [3.8, 4) is 0 Å². The Morgan fingerprint density at radius 3 is 2.90 bits per heavy atom. The van der Waals surface area contributed by atoms with Crippen molar-refractivity contribution in [2.75, 3.05) is 6.54 Å². The summed E-state index contributed by atoms with van der Waals surface area (Å²) in [6.07, 6.45) is 11.4. The van der Waals surface area contributed by atoms with Crippen molar-refractivity contribution < 1.29 is 9.21 Å². The Morgan fingerprint density at radius 1 is 1.38 bits per heavy atom. The minimum Gasteiger partial charge on any atom is -0.472 e. The monoisotopic (exact) mass is 301 g/mol. The highest BCUT2D eigenvalue weighted by Gasteiger charge is 2.35. The van der Waals surface area contributed by atoms with E-state index in [9.17, 15) is 4.79 Å². The second-order valence-corrected chi connectivity index (χ2v) is 6.39. The van der Waals surface area contributed by atoms with Crippen molar-refractivity contribution in [3.05, 3.63) is 52.6 Å². The van der Waals surface area contributed by atoms with E-state index in [2.05, 4.69) is 22.1 Å². The van der Waals surface area contributed by atoms with E-state index in [1.165, 1.54) is 18.4 Å². The fraction of sp³-hybridized carbons (Fsp3) is 0.353. The third kappa shape index (κ3) is 3.27. The van der Waals surface area contributed by atoms with Gasteiger partial charge >= 0.3 is 0 Å². The van der Waals surface area contributed by atoms with Gasteiger partial charge in [0.2, 0.25) is 5.91 Å². The van der Waals surface area contributed by atoms with E-state index in [1.807, 2.05) is 6.07 Å². The summed E-state index contributed by atoms with van der Waals surface area (Å²) in [6, 6.07) is 4.02. The molecule has 2 aromatic heterocycles. The molecule has 2 aromatic rings. The molecule has 1 amide bonds. The molecule has 0 atom stereocenters. The lowest BCUT2D eigenvalue weighted by atomic mass is 9.80. The molecule has 0 aliphatic heterocycles. The molecule has 1 aliphatic carbocycles. The molecule has 1 saturated carbocycles. The van der Waals surface area contributed by atoms with Crippen LogP contribution in [0.2, 0.25) is 0 Å². The van der Waals surface area contributed by atoms with Crippen LogP contribution in [0.25, 0.3) is 6.08 Å². The summed E-state index contributed by atoms with van der Waals surface area (Å²) in [6.45, 7) is 0.721. The van der Waals surface area contributed by atoms with Gasteiger partial charge in [0.1, 0.15) is 0 Å². The van der Waals surface area contributed by atoms with Crippen LogP contribution >= 0.6 is 11.3 Å². The standard InChI is InChI=1S/C17H19NO2S/c19-16(4-3-14-5-9-20-11-14)18-13-17(7-1-2-8-17)15-6-10-21-12-15/h3-6,9-12H,1-2,7-8,13H2,(H,18,19). The maximum Gasteiger partial charge on any atom is 0.244 e.